The number of nitrogen functional groups attached to an aromatic ring is 1. The topological polar surface area (TPSA) is 91.7 Å². The Morgan fingerprint density at radius 3 is 2.70 bits per heavy atom. The van der Waals surface area contributed by atoms with E-state index in [1.54, 1.807) is 29.1 Å². The average Bonchev–Trinajstić information content (AvgIpc) is 2.90. The van der Waals surface area contributed by atoms with Gasteiger partial charge in [0.1, 0.15) is 5.82 Å². The standard InChI is InChI=1S/C13H12N6O/c1-20-13-6-5-12(16-17-13)19-10(8-11(14)18-19)9-4-2-3-7-15-9/h2-8H,1H3,(H2,14,18). The van der Waals surface area contributed by atoms with Crippen molar-refractivity contribution < 1.29 is 4.74 Å². The maximum absolute atomic E-state index is 5.78. The molecule has 20 heavy (non-hydrogen) atoms. The van der Waals surface area contributed by atoms with Crippen molar-refractivity contribution >= 4 is 5.82 Å². The van der Waals surface area contributed by atoms with E-state index in [1.165, 1.54) is 7.11 Å². The molecule has 0 radical (unpaired) electrons. The van der Waals surface area contributed by atoms with Crippen LogP contribution in [0.4, 0.5) is 5.82 Å². The highest BCUT2D eigenvalue weighted by Crippen LogP contribution is 2.22. The van der Waals surface area contributed by atoms with Gasteiger partial charge in [0, 0.05) is 18.3 Å². The lowest BCUT2D eigenvalue weighted by atomic mass is 10.2. The molecule has 0 spiro atoms. The second-order valence-corrected chi connectivity index (χ2v) is 4.02. The Morgan fingerprint density at radius 2 is 2.05 bits per heavy atom. The minimum Gasteiger partial charge on any atom is -0.480 e. The molecule has 0 amide bonds. The number of pyridine rings is 1. The van der Waals surface area contributed by atoms with E-state index in [0.717, 1.165) is 11.4 Å². The first-order valence-corrected chi connectivity index (χ1v) is 5.93. The summed E-state index contributed by atoms with van der Waals surface area (Å²) < 4.78 is 6.59. The van der Waals surface area contributed by atoms with Crippen LogP contribution in [0.15, 0.2) is 42.6 Å². The molecular weight excluding hydrogens is 256 g/mol. The predicted octanol–water partition coefficient (Wildman–Crippen LogP) is 1.32. The van der Waals surface area contributed by atoms with Crippen molar-refractivity contribution in [2.24, 2.45) is 0 Å². The Labute approximate surface area is 115 Å². The number of anilines is 1. The van der Waals surface area contributed by atoms with E-state index in [0.29, 0.717) is 17.5 Å². The minimum absolute atomic E-state index is 0.392. The second-order valence-electron chi connectivity index (χ2n) is 4.02. The molecule has 0 atom stereocenters. The fourth-order valence-corrected chi connectivity index (χ4v) is 1.81. The zero-order valence-corrected chi connectivity index (χ0v) is 10.8. The fraction of sp³-hybridized carbons (Fsp3) is 0.0769. The van der Waals surface area contributed by atoms with E-state index >= 15 is 0 Å². The third-order valence-corrected chi connectivity index (χ3v) is 2.71. The summed E-state index contributed by atoms with van der Waals surface area (Å²) >= 11 is 0. The molecule has 0 unspecified atom stereocenters. The number of ether oxygens (including phenoxy) is 1. The van der Waals surface area contributed by atoms with Crippen LogP contribution in [-0.4, -0.2) is 32.1 Å². The van der Waals surface area contributed by atoms with E-state index in [4.69, 9.17) is 10.5 Å². The third-order valence-electron chi connectivity index (χ3n) is 2.71. The highest BCUT2D eigenvalue weighted by Gasteiger charge is 2.12. The molecule has 3 aromatic heterocycles. The van der Waals surface area contributed by atoms with Crippen molar-refractivity contribution in [1.82, 2.24) is 25.0 Å². The van der Waals surface area contributed by atoms with Gasteiger partial charge in [-0.05, 0) is 18.2 Å². The van der Waals surface area contributed by atoms with Crippen molar-refractivity contribution in [1.29, 1.82) is 0 Å². The van der Waals surface area contributed by atoms with Gasteiger partial charge in [0.25, 0.3) is 0 Å². The molecule has 0 saturated carbocycles. The lowest BCUT2D eigenvalue weighted by Gasteiger charge is -2.05. The molecular formula is C13H12N6O. The number of methoxy groups -OCH3 is 1. The molecule has 3 heterocycles. The van der Waals surface area contributed by atoms with Gasteiger partial charge in [0.2, 0.25) is 5.88 Å². The van der Waals surface area contributed by atoms with Gasteiger partial charge in [-0.3, -0.25) is 4.98 Å². The minimum atomic E-state index is 0.392. The Kier molecular flexibility index (Phi) is 3.00. The van der Waals surface area contributed by atoms with Crippen LogP contribution < -0.4 is 10.5 Å². The van der Waals surface area contributed by atoms with E-state index in [2.05, 4.69) is 20.3 Å². The molecule has 0 fully saturated rings. The molecule has 3 aromatic rings. The maximum atomic E-state index is 5.78. The SMILES string of the molecule is COc1ccc(-n2nc(N)cc2-c2ccccn2)nn1. The lowest BCUT2D eigenvalue weighted by Crippen LogP contribution is -2.04. The monoisotopic (exact) mass is 268 g/mol. The van der Waals surface area contributed by atoms with Crippen LogP contribution >= 0.6 is 0 Å². The van der Waals surface area contributed by atoms with Crippen molar-refractivity contribution in [2.45, 2.75) is 0 Å². The average molecular weight is 268 g/mol. The van der Waals surface area contributed by atoms with Gasteiger partial charge in [0.15, 0.2) is 5.82 Å². The van der Waals surface area contributed by atoms with E-state index < -0.39 is 0 Å². The van der Waals surface area contributed by atoms with Crippen LogP contribution in [0.25, 0.3) is 17.2 Å². The van der Waals surface area contributed by atoms with Gasteiger partial charge in [0.05, 0.1) is 18.5 Å². The molecule has 7 nitrogen and oxygen atoms in total. The summed E-state index contributed by atoms with van der Waals surface area (Å²) in [7, 11) is 1.54. The smallest absolute Gasteiger partial charge is 0.233 e. The normalized spacial score (nSPS) is 10.4. The van der Waals surface area contributed by atoms with Crippen molar-refractivity contribution in [3.05, 3.63) is 42.6 Å². The quantitative estimate of drug-likeness (QED) is 0.770. The van der Waals surface area contributed by atoms with Crippen LogP contribution in [0.5, 0.6) is 5.88 Å². The molecule has 3 rings (SSSR count). The first-order chi connectivity index (χ1) is 9.78. The Balaban J connectivity index is 2.09. The van der Waals surface area contributed by atoms with Gasteiger partial charge in [-0.15, -0.1) is 15.3 Å². The van der Waals surface area contributed by atoms with Gasteiger partial charge >= 0.3 is 0 Å². The highest BCUT2D eigenvalue weighted by molar-refractivity contribution is 5.60. The highest BCUT2D eigenvalue weighted by atomic mass is 16.5. The molecule has 2 N–H and O–H groups in total. The largest absolute Gasteiger partial charge is 0.480 e. The maximum Gasteiger partial charge on any atom is 0.233 e. The van der Waals surface area contributed by atoms with Crippen molar-refractivity contribution in [2.75, 3.05) is 12.8 Å². The first kappa shape index (κ1) is 12.1. The fourth-order valence-electron chi connectivity index (χ4n) is 1.81. The molecule has 0 aliphatic rings. The van der Waals surface area contributed by atoms with Crippen molar-refractivity contribution in [3.8, 4) is 23.1 Å². The van der Waals surface area contributed by atoms with Gasteiger partial charge in [-0.2, -0.15) is 0 Å². The first-order valence-electron chi connectivity index (χ1n) is 5.93. The Bertz CT molecular complexity index is 707. The zero-order valence-electron chi connectivity index (χ0n) is 10.8. The molecule has 0 aliphatic carbocycles. The van der Waals surface area contributed by atoms with Crippen LogP contribution in [-0.2, 0) is 0 Å². The van der Waals surface area contributed by atoms with E-state index in [1.807, 2.05) is 18.2 Å². The van der Waals surface area contributed by atoms with E-state index in [9.17, 15) is 0 Å². The van der Waals surface area contributed by atoms with Crippen LogP contribution in [0.2, 0.25) is 0 Å². The molecule has 0 bridgehead atoms. The summed E-state index contributed by atoms with van der Waals surface area (Å²) in [6, 6.07) is 10.8. The molecule has 0 aliphatic heterocycles. The van der Waals surface area contributed by atoms with Crippen LogP contribution in [0.1, 0.15) is 0 Å². The number of nitrogens with zero attached hydrogens (tertiary/aromatic N) is 5. The Morgan fingerprint density at radius 1 is 1.15 bits per heavy atom. The number of hydrogen-bond acceptors (Lipinski definition) is 6. The number of nitrogens with two attached hydrogens (primary N) is 1. The summed E-state index contributed by atoms with van der Waals surface area (Å²) in [5, 5.41) is 12.2. The van der Waals surface area contributed by atoms with E-state index in [-0.39, 0.29) is 0 Å². The number of hydrogen-bond donors (Lipinski definition) is 1. The molecule has 100 valence electrons. The predicted molar refractivity (Wildman–Crippen MR) is 73.3 cm³/mol. The third kappa shape index (κ3) is 2.16. The van der Waals surface area contributed by atoms with Gasteiger partial charge in [-0.25, -0.2) is 4.68 Å². The lowest BCUT2D eigenvalue weighted by molar-refractivity contribution is 0.391. The van der Waals surface area contributed by atoms with Gasteiger partial charge in [-0.1, -0.05) is 6.07 Å². The molecule has 0 saturated heterocycles. The summed E-state index contributed by atoms with van der Waals surface area (Å²) in [6.45, 7) is 0. The van der Waals surface area contributed by atoms with Crippen LogP contribution in [0.3, 0.4) is 0 Å². The van der Waals surface area contributed by atoms with Crippen molar-refractivity contribution in [3.63, 3.8) is 0 Å². The van der Waals surface area contributed by atoms with Crippen LogP contribution in [0, 0.1) is 0 Å². The summed E-state index contributed by atoms with van der Waals surface area (Å²) in [6.07, 6.45) is 1.71. The zero-order chi connectivity index (χ0) is 13.9. The molecule has 7 heteroatoms. The van der Waals surface area contributed by atoms with Gasteiger partial charge < -0.3 is 10.5 Å². The number of rotatable bonds is 3. The Hall–Kier alpha value is -2.96. The number of aromatic nitrogens is 5. The summed E-state index contributed by atoms with van der Waals surface area (Å²) in [5.41, 5.74) is 7.29. The second kappa shape index (κ2) is 4.96. The summed E-state index contributed by atoms with van der Waals surface area (Å²) in [5.74, 6) is 1.37. The molecule has 0 aromatic carbocycles. The summed E-state index contributed by atoms with van der Waals surface area (Å²) in [4.78, 5) is 4.29.